The molecule has 0 spiro atoms. The highest BCUT2D eigenvalue weighted by molar-refractivity contribution is 6.39. The van der Waals surface area contributed by atoms with Crippen molar-refractivity contribution < 1.29 is 28.7 Å². The number of furan rings is 1. The highest BCUT2D eigenvalue weighted by Crippen LogP contribution is 2.29. The first-order valence-electron chi connectivity index (χ1n) is 10.1. The fourth-order valence-corrected chi connectivity index (χ4v) is 3.59. The van der Waals surface area contributed by atoms with Gasteiger partial charge in [-0.05, 0) is 67.8 Å². The van der Waals surface area contributed by atoms with Crippen LogP contribution in [0.3, 0.4) is 0 Å². The Morgan fingerprint density at radius 2 is 1.76 bits per heavy atom. The first kappa shape index (κ1) is 21.8. The molecule has 0 bridgehead atoms. The van der Waals surface area contributed by atoms with E-state index >= 15 is 0 Å². The minimum absolute atomic E-state index is 0.147. The first-order valence-corrected chi connectivity index (χ1v) is 10.1. The van der Waals surface area contributed by atoms with Crippen LogP contribution in [-0.2, 0) is 9.59 Å². The normalized spacial score (nSPS) is 15.2. The highest BCUT2D eigenvalue weighted by atomic mass is 16.4. The maximum atomic E-state index is 13.1. The molecule has 2 aromatic carbocycles. The zero-order valence-electron chi connectivity index (χ0n) is 18.1. The van der Waals surface area contributed by atoms with Gasteiger partial charge < -0.3 is 9.52 Å². The van der Waals surface area contributed by atoms with Crippen LogP contribution < -0.4 is 10.2 Å². The van der Waals surface area contributed by atoms with Crippen LogP contribution in [0.15, 0.2) is 58.5 Å². The number of carbonyl (C=O) groups excluding carboxylic acids is 3. The molecular formula is C25H20N2O6. The Labute approximate surface area is 189 Å². The molecule has 4 amide bonds. The molecule has 8 nitrogen and oxygen atoms in total. The van der Waals surface area contributed by atoms with Gasteiger partial charge in [-0.3, -0.25) is 14.9 Å². The van der Waals surface area contributed by atoms with Crippen LogP contribution in [0.25, 0.3) is 17.4 Å². The van der Waals surface area contributed by atoms with Crippen LogP contribution in [0.5, 0.6) is 0 Å². The summed E-state index contributed by atoms with van der Waals surface area (Å²) in [5.41, 5.74) is 3.06. The van der Waals surface area contributed by atoms with Gasteiger partial charge in [0.05, 0.1) is 11.3 Å². The number of hydrogen-bond acceptors (Lipinski definition) is 5. The summed E-state index contributed by atoms with van der Waals surface area (Å²) in [6, 6.07) is 12.5. The molecule has 0 atom stereocenters. The Bertz CT molecular complexity index is 1360. The summed E-state index contributed by atoms with van der Waals surface area (Å²) in [5, 5.41) is 11.5. The quantitative estimate of drug-likeness (QED) is 0.459. The van der Waals surface area contributed by atoms with E-state index in [1.807, 2.05) is 13.0 Å². The van der Waals surface area contributed by atoms with Crippen molar-refractivity contribution in [1.29, 1.82) is 0 Å². The van der Waals surface area contributed by atoms with Gasteiger partial charge in [0.2, 0.25) is 0 Å². The van der Waals surface area contributed by atoms with E-state index in [1.54, 1.807) is 50.2 Å². The van der Waals surface area contributed by atoms with Gasteiger partial charge in [-0.25, -0.2) is 14.5 Å². The molecule has 0 unspecified atom stereocenters. The number of urea groups is 1. The molecule has 3 aromatic rings. The lowest BCUT2D eigenvalue weighted by molar-refractivity contribution is -0.122. The number of benzene rings is 2. The molecule has 4 rings (SSSR count). The number of nitrogens with one attached hydrogen (secondary N) is 1. The lowest BCUT2D eigenvalue weighted by Crippen LogP contribution is -2.54. The molecule has 1 aliphatic heterocycles. The number of amides is 4. The summed E-state index contributed by atoms with van der Waals surface area (Å²) >= 11 is 0. The highest BCUT2D eigenvalue weighted by Gasteiger charge is 2.37. The molecule has 1 saturated heterocycles. The minimum Gasteiger partial charge on any atom is -0.478 e. The van der Waals surface area contributed by atoms with Gasteiger partial charge in [0.15, 0.2) is 0 Å². The van der Waals surface area contributed by atoms with Crippen molar-refractivity contribution in [2.75, 3.05) is 4.90 Å². The lowest BCUT2D eigenvalue weighted by Gasteiger charge is -2.27. The molecule has 1 aromatic heterocycles. The summed E-state index contributed by atoms with van der Waals surface area (Å²) in [5.74, 6) is -2.07. The van der Waals surface area contributed by atoms with E-state index in [4.69, 9.17) is 4.42 Å². The van der Waals surface area contributed by atoms with E-state index < -0.39 is 23.8 Å². The lowest BCUT2D eigenvalue weighted by atomic mass is 10.0. The summed E-state index contributed by atoms with van der Waals surface area (Å²) in [6.07, 6.45) is 1.26. The van der Waals surface area contributed by atoms with Crippen LogP contribution in [0.1, 0.15) is 32.8 Å². The molecule has 2 N–H and O–H groups in total. The first-order chi connectivity index (χ1) is 15.7. The van der Waals surface area contributed by atoms with Gasteiger partial charge in [0, 0.05) is 5.56 Å². The third-order valence-electron chi connectivity index (χ3n) is 5.58. The summed E-state index contributed by atoms with van der Waals surface area (Å²) in [6.45, 7) is 5.34. The van der Waals surface area contributed by atoms with Crippen LogP contribution in [0.4, 0.5) is 10.5 Å². The van der Waals surface area contributed by atoms with Gasteiger partial charge >= 0.3 is 12.0 Å². The van der Waals surface area contributed by atoms with Gasteiger partial charge in [0.1, 0.15) is 17.1 Å². The molecule has 0 aliphatic carbocycles. The van der Waals surface area contributed by atoms with Crippen LogP contribution in [-0.4, -0.2) is 28.9 Å². The van der Waals surface area contributed by atoms with E-state index in [9.17, 15) is 24.3 Å². The number of anilines is 1. The zero-order valence-corrected chi connectivity index (χ0v) is 18.1. The topological polar surface area (TPSA) is 117 Å². The van der Waals surface area contributed by atoms with Gasteiger partial charge in [0.25, 0.3) is 11.8 Å². The molecule has 166 valence electrons. The standard InChI is InChI=1S/C25H20N2O6/c1-13-5-4-6-20(15(13)3)27-23(29)19(22(28)26-25(27)32)12-17-9-10-21(33-17)16-8-7-14(2)18(11-16)24(30)31/h4-12H,1-3H3,(H,30,31)(H,26,28,32)/b19-12+. The molecule has 0 saturated carbocycles. The van der Waals surface area contributed by atoms with Gasteiger partial charge in [-0.15, -0.1) is 0 Å². The van der Waals surface area contributed by atoms with Crippen molar-refractivity contribution in [2.24, 2.45) is 0 Å². The maximum Gasteiger partial charge on any atom is 0.335 e. The second-order valence-corrected chi connectivity index (χ2v) is 7.71. The fraction of sp³-hybridized carbons (Fsp3) is 0.120. The monoisotopic (exact) mass is 444 g/mol. The van der Waals surface area contributed by atoms with Crippen LogP contribution >= 0.6 is 0 Å². The third kappa shape index (κ3) is 3.94. The number of aryl methyl sites for hydroxylation is 2. The smallest absolute Gasteiger partial charge is 0.335 e. The van der Waals surface area contributed by atoms with E-state index in [-0.39, 0.29) is 16.9 Å². The van der Waals surface area contributed by atoms with Gasteiger partial charge in [-0.2, -0.15) is 0 Å². The van der Waals surface area contributed by atoms with Crippen molar-refractivity contribution in [3.63, 3.8) is 0 Å². The Balaban J connectivity index is 1.70. The number of nitrogens with zero attached hydrogens (tertiary/aromatic N) is 1. The fourth-order valence-electron chi connectivity index (χ4n) is 3.59. The average Bonchev–Trinajstić information content (AvgIpc) is 3.23. The largest absolute Gasteiger partial charge is 0.478 e. The molecule has 1 fully saturated rings. The van der Waals surface area contributed by atoms with E-state index in [2.05, 4.69) is 5.32 Å². The minimum atomic E-state index is -1.05. The number of imide groups is 2. The van der Waals surface area contributed by atoms with Crippen molar-refractivity contribution >= 4 is 35.6 Å². The Morgan fingerprint density at radius 1 is 1.00 bits per heavy atom. The second kappa shape index (κ2) is 8.23. The van der Waals surface area contributed by atoms with Crippen molar-refractivity contribution in [3.05, 3.63) is 82.1 Å². The maximum absolute atomic E-state index is 13.1. The number of carbonyl (C=O) groups is 4. The predicted molar refractivity (Wildman–Crippen MR) is 121 cm³/mol. The summed E-state index contributed by atoms with van der Waals surface area (Å²) < 4.78 is 5.75. The molecule has 1 aliphatic rings. The SMILES string of the molecule is Cc1ccc(-c2ccc(/C=C3\C(=O)NC(=O)N(c4cccc(C)c4C)C3=O)o2)cc1C(=O)O. The molecular weight excluding hydrogens is 424 g/mol. The Kier molecular flexibility index (Phi) is 5.43. The van der Waals surface area contributed by atoms with Crippen LogP contribution in [0, 0.1) is 20.8 Å². The molecule has 8 heteroatoms. The van der Waals surface area contributed by atoms with Crippen molar-refractivity contribution in [1.82, 2.24) is 5.32 Å². The molecule has 33 heavy (non-hydrogen) atoms. The number of hydrogen-bond donors (Lipinski definition) is 2. The van der Waals surface area contributed by atoms with Crippen molar-refractivity contribution in [3.8, 4) is 11.3 Å². The number of carboxylic acid groups (broad SMARTS) is 1. The average molecular weight is 444 g/mol. The molecule has 0 radical (unpaired) electrons. The number of rotatable bonds is 4. The van der Waals surface area contributed by atoms with Crippen molar-refractivity contribution in [2.45, 2.75) is 20.8 Å². The summed E-state index contributed by atoms with van der Waals surface area (Å²) in [7, 11) is 0. The van der Waals surface area contributed by atoms with E-state index in [1.165, 1.54) is 12.1 Å². The van der Waals surface area contributed by atoms with E-state index in [0.717, 1.165) is 16.0 Å². The number of carboxylic acids is 1. The predicted octanol–water partition coefficient (Wildman–Crippen LogP) is 4.24. The zero-order chi connectivity index (χ0) is 23.9. The number of aromatic carboxylic acids is 1. The number of barbiturate groups is 1. The van der Waals surface area contributed by atoms with E-state index in [0.29, 0.717) is 22.6 Å². The Morgan fingerprint density at radius 3 is 2.48 bits per heavy atom. The van der Waals surface area contributed by atoms with Gasteiger partial charge in [-0.1, -0.05) is 24.3 Å². The third-order valence-corrected chi connectivity index (χ3v) is 5.58. The second-order valence-electron chi connectivity index (χ2n) is 7.71. The molecule has 2 heterocycles. The Hall–Kier alpha value is -4.46. The van der Waals surface area contributed by atoms with Crippen LogP contribution in [0.2, 0.25) is 0 Å². The summed E-state index contributed by atoms with van der Waals surface area (Å²) in [4.78, 5) is 50.3.